The summed E-state index contributed by atoms with van der Waals surface area (Å²) in [4.78, 5) is 14.1. The number of piperidine rings is 1. The van der Waals surface area contributed by atoms with E-state index in [1.165, 1.54) is 0 Å². The van der Waals surface area contributed by atoms with Gasteiger partial charge in [0.2, 0.25) is 0 Å². The normalized spacial score (nSPS) is 27.4. The Morgan fingerprint density at radius 1 is 1.32 bits per heavy atom. The van der Waals surface area contributed by atoms with E-state index >= 15 is 0 Å². The predicted molar refractivity (Wildman–Crippen MR) is 78.0 cm³/mol. The lowest BCUT2D eigenvalue weighted by Gasteiger charge is -2.30. The number of carbonyl (C=O) groups is 1. The molecule has 0 aromatic heterocycles. The maximum Gasteiger partial charge on any atom is 0.318 e. The first-order chi connectivity index (χ1) is 9.25. The highest BCUT2D eigenvalue weighted by Crippen LogP contribution is 2.28. The summed E-state index contributed by atoms with van der Waals surface area (Å²) in [5, 5.41) is 6.45. The van der Waals surface area contributed by atoms with E-state index in [4.69, 9.17) is 0 Å². The lowest BCUT2D eigenvalue weighted by molar-refractivity contribution is 0.184. The molecule has 2 atom stereocenters. The number of benzene rings is 1. The molecule has 2 saturated heterocycles. The molecule has 1 aromatic rings. The summed E-state index contributed by atoms with van der Waals surface area (Å²) in [5.74, 6) is 0. The minimum Gasteiger partial charge on any atom is -0.329 e. The Labute approximate surface area is 121 Å². The SMILES string of the molecule is O=C1NC(c2ccccc2Br)CN1C1CCCNC1. The molecule has 0 aliphatic carbocycles. The van der Waals surface area contributed by atoms with E-state index in [1.54, 1.807) is 0 Å². The topological polar surface area (TPSA) is 44.4 Å². The fourth-order valence-electron chi connectivity index (χ4n) is 2.91. The molecule has 0 saturated carbocycles. The Kier molecular flexibility index (Phi) is 3.75. The second kappa shape index (κ2) is 5.51. The van der Waals surface area contributed by atoms with E-state index in [1.807, 2.05) is 23.1 Å². The maximum absolute atomic E-state index is 12.1. The van der Waals surface area contributed by atoms with Crippen LogP contribution < -0.4 is 10.6 Å². The Hall–Kier alpha value is -1.07. The molecule has 1 aromatic carbocycles. The second-order valence-corrected chi connectivity index (χ2v) is 6.03. The lowest BCUT2D eigenvalue weighted by Crippen LogP contribution is -2.47. The van der Waals surface area contributed by atoms with E-state index in [0.29, 0.717) is 6.04 Å². The highest BCUT2D eigenvalue weighted by Gasteiger charge is 2.35. The second-order valence-electron chi connectivity index (χ2n) is 5.18. The third-order valence-corrected chi connectivity index (χ3v) is 4.65. The van der Waals surface area contributed by atoms with Crippen LogP contribution in [0, 0.1) is 0 Å². The number of nitrogens with zero attached hydrogens (tertiary/aromatic N) is 1. The summed E-state index contributed by atoms with van der Waals surface area (Å²) in [6.07, 6.45) is 2.25. The van der Waals surface area contributed by atoms with Gasteiger partial charge in [-0.3, -0.25) is 0 Å². The molecule has 2 amide bonds. The Morgan fingerprint density at radius 2 is 2.16 bits per heavy atom. The van der Waals surface area contributed by atoms with Gasteiger partial charge in [-0.25, -0.2) is 4.79 Å². The first kappa shape index (κ1) is 12.9. The van der Waals surface area contributed by atoms with Crippen LogP contribution in [-0.2, 0) is 0 Å². The molecule has 102 valence electrons. The van der Waals surface area contributed by atoms with E-state index in [2.05, 4.69) is 32.6 Å². The number of nitrogens with one attached hydrogen (secondary N) is 2. The standard InChI is InChI=1S/C14H18BrN3O/c15-12-6-2-1-5-11(12)13-9-18(14(19)17-13)10-4-3-7-16-8-10/h1-2,5-6,10,13,16H,3-4,7-9H2,(H,17,19). The molecule has 2 unspecified atom stereocenters. The molecule has 19 heavy (non-hydrogen) atoms. The van der Waals surface area contributed by atoms with Gasteiger partial charge in [0.25, 0.3) is 0 Å². The number of amides is 2. The number of halogens is 1. The van der Waals surface area contributed by atoms with Crippen LogP contribution in [0.15, 0.2) is 28.7 Å². The number of rotatable bonds is 2. The summed E-state index contributed by atoms with van der Waals surface area (Å²) >= 11 is 3.56. The molecular formula is C14H18BrN3O. The highest BCUT2D eigenvalue weighted by molar-refractivity contribution is 9.10. The fraction of sp³-hybridized carbons (Fsp3) is 0.500. The summed E-state index contributed by atoms with van der Waals surface area (Å²) in [7, 11) is 0. The molecular weight excluding hydrogens is 306 g/mol. The number of carbonyl (C=O) groups excluding carboxylic acids is 1. The van der Waals surface area contributed by atoms with Crippen molar-refractivity contribution in [2.45, 2.75) is 24.9 Å². The highest BCUT2D eigenvalue weighted by atomic mass is 79.9. The van der Waals surface area contributed by atoms with E-state index in [9.17, 15) is 4.79 Å². The molecule has 2 heterocycles. The maximum atomic E-state index is 12.1. The van der Waals surface area contributed by atoms with Gasteiger partial charge in [0.05, 0.1) is 6.04 Å². The van der Waals surface area contributed by atoms with Crippen molar-refractivity contribution in [1.29, 1.82) is 0 Å². The molecule has 4 nitrogen and oxygen atoms in total. The Balaban J connectivity index is 1.74. The van der Waals surface area contributed by atoms with Gasteiger partial charge >= 0.3 is 6.03 Å². The zero-order chi connectivity index (χ0) is 13.2. The number of hydrogen-bond acceptors (Lipinski definition) is 2. The van der Waals surface area contributed by atoms with Crippen molar-refractivity contribution in [3.8, 4) is 0 Å². The summed E-state index contributed by atoms with van der Waals surface area (Å²) < 4.78 is 1.06. The van der Waals surface area contributed by atoms with Gasteiger partial charge in [-0.15, -0.1) is 0 Å². The largest absolute Gasteiger partial charge is 0.329 e. The number of urea groups is 1. The molecule has 2 fully saturated rings. The van der Waals surface area contributed by atoms with Crippen LogP contribution in [-0.4, -0.2) is 36.6 Å². The van der Waals surface area contributed by atoms with Gasteiger partial charge in [0, 0.05) is 23.6 Å². The smallest absolute Gasteiger partial charge is 0.318 e. The molecule has 3 rings (SSSR count). The fourth-order valence-corrected chi connectivity index (χ4v) is 3.47. The van der Waals surface area contributed by atoms with Crippen molar-refractivity contribution in [1.82, 2.24) is 15.5 Å². The molecule has 0 spiro atoms. The summed E-state index contributed by atoms with van der Waals surface area (Å²) in [6, 6.07) is 8.58. The van der Waals surface area contributed by atoms with E-state index in [0.717, 1.165) is 42.5 Å². The Bertz CT molecular complexity index is 474. The first-order valence-electron chi connectivity index (χ1n) is 6.78. The number of hydrogen-bond donors (Lipinski definition) is 2. The molecule has 5 heteroatoms. The van der Waals surface area contributed by atoms with Crippen LogP contribution >= 0.6 is 15.9 Å². The Morgan fingerprint density at radius 3 is 2.89 bits per heavy atom. The average Bonchev–Trinajstić information content (AvgIpc) is 2.82. The van der Waals surface area contributed by atoms with E-state index < -0.39 is 0 Å². The quantitative estimate of drug-likeness (QED) is 0.876. The summed E-state index contributed by atoms with van der Waals surface area (Å²) in [5.41, 5.74) is 1.15. The lowest BCUT2D eigenvalue weighted by atomic mass is 10.0. The van der Waals surface area contributed by atoms with Crippen molar-refractivity contribution in [3.05, 3.63) is 34.3 Å². The van der Waals surface area contributed by atoms with Gasteiger partial charge in [0.1, 0.15) is 0 Å². The van der Waals surface area contributed by atoms with Gasteiger partial charge < -0.3 is 15.5 Å². The minimum absolute atomic E-state index is 0.0643. The molecule has 0 radical (unpaired) electrons. The van der Waals surface area contributed by atoms with Crippen molar-refractivity contribution in [3.63, 3.8) is 0 Å². The average molecular weight is 324 g/mol. The van der Waals surface area contributed by atoms with Crippen molar-refractivity contribution < 1.29 is 4.79 Å². The predicted octanol–water partition coefficient (Wildman–Crippen LogP) is 2.27. The van der Waals surface area contributed by atoms with Crippen LogP contribution in [0.1, 0.15) is 24.4 Å². The third-order valence-electron chi connectivity index (χ3n) is 3.93. The van der Waals surface area contributed by atoms with Gasteiger partial charge in [0.15, 0.2) is 0 Å². The molecule has 2 N–H and O–H groups in total. The first-order valence-corrected chi connectivity index (χ1v) is 7.57. The monoisotopic (exact) mass is 323 g/mol. The summed E-state index contributed by atoms with van der Waals surface area (Å²) in [6.45, 7) is 2.74. The third kappa shape index (κ3) is 2.62. The molecule has 2 aliphatic heterocycles. The van der Waals surface area contributed by atoms with Crippen molar-refractivity contribution in [2.75, 3.05) is 19.6 Å². The van der Waals surface area contributed by atoms with Crippen LogP contribution in [0.25, 0.3) is 0 Å². The van der Waals surface area contributed by atoms with Gasteiger partial charge in [-0.1, -0.05) is 34.1 Å². The molecule has 0 bridgehead atoms. The van der Waals surface area contributed by atoms with Crippen LogP contribution in [0.3, 0.4) is 0 Å². The van der Waals surface area contributed by atoms with Crippen molar-refractivity contribution in [2.24, 2.45) is 0 Å². The zero-order valence-corrected chi connectivity index (χ0v) is 12.3. The minimum atomic E-state index is 0.0643. The van der Waals surface area contributed by atoms with E-state index in [-0.39, 0.29) is 12.1 Å². The molecule has 2 aliphatic rings. The van der Waals surface area contributed by atoms with Crippen LogP contribution in [0.5, 0.6) is 0 Å². The van der Waals surface area contributed by atoms with Crippen molar-refractivity contribution >= 4 is 22.0 Å². The van der Waals surface area contributed by atoms with Crippen LogP contribution in [0.4, 0.5) is 4.79 Å². The van der Waals surface area contributed by atoms with Gasteiger partial charge in [-0.05, 0) is 31.0 Å². The zero-order valence-electron chi connectivity index (χ0n) is 10.7. The van der Waals surface area contributed by atoms with Gasteiger partial charge in [-0.2, -0.15) is 0 Å². The van der Waals surface area contributed by atoms with Crippen LogP contribution in [0.2, 0.25) is 0 Å².